The van der Waals surface area contributed by atoms with Crippen molar-refractivity contribution >= 4 is 11.7 Å². The Morgan fingerprint density at radius 1 is 1.04 bits per heavy atom. The van der Waals surface area contributed by atoms with Crippen molar-refractivity contribution in [2.75, 3.05) is 37.6 Å². The lowest BCUT2D eigenvalue weighted by Gasteiger charge is -2.32. The number of anilines is 1. The van der Waals surface area contributed by atoms with Crippen molar-refractivity contribution in [1.29, 1.82) is 0 Å². The summed E-state index contributed by atoms with van der Waals surface area (Å²) in [5.74, 6) is 0.542. The third kappa shape index (κ3) is 3.92. The Balaban J connectivity index is 1.21. The van der Waals surface area contributed by atoms with Gasteiger partial charge in [-0.15, -0.1) is 0 Å². The zero-order valence-electron chi connectivity index (χ0n) is 15.0. The predicted molar refractivity (Wildman–Crippen MR) is 101 cm³/mol. The molecule has 3 unspecified atom stereocenters. The number of piperidine rings is 1. The van der Waals surface area contributed by atoms with Gasteiger partial charge in [-0.1, -0.05) is 24.6 Å². The molecule has 4 rings (SSSR count). The molecule has 2 amide bonds. The molecule has 3 aliphatic rings. The van der Waals surface area contributed by atoms with Gasteiger partial charge in [0.25, 0.3) is 0 Å². The zero-order chi connectivity index (χ0) is 17.1. The van der Waals surface area contributed by atoms with Gasteiger partial charge in [-0.25, -0.2) is 4.79 Å². The summed E-state index contributed by atoms with van der Waals surface area (Å²) in [6.45, 7) is 5.24. The van der Waals surface area contributed by atoms with Gasteiger partial charge in [0, 0.05) is 44.0 Å². The lowest BCUT2D eigenvalue weighted by molar-refractivity contribution is 0.178. The van der Waals surface area contributed by atoms with Crippen molar-refractivity contribution in [1.82, 2.24) is 15.5 Å². The topological polar surface area (TPSA) is 47.6 Å². The summed E-state index contributed by atoms with van der Waals surface area (Å²) in [5, 5.41) is 6.36. The molecule has 3 saturated heterocycles. The van der Waals surface area contributed by atoms with Crippen LogP contribution in [-0.2, 0) is 0 Å². The van der Waals surface area contributed by atoms with E-state index in [1.165, 1.54) is 31.5 Å². The molecular formula is C20H30N4O. The molecule has 1 aromatic carbocycles. The first-order valence-corrected chi connectivity index (χ1v) is 9.88. The second kappa shape index (κ2) is 7.65. The first kappa shape index (κ1) is 16.7. The van der Waals surface area contributed by atoms with Crippen LogP contribution in [0.1, 0.15) is 32.1 Å². The first-order valence-electron chi connectivity index (χ1n) is 9.88. The molecule has 3 aliphatic heterocycles. The summed E-state index contributed by atoms with van der Waals surface area (Å²) in [7, 11) is 0. The van der Waals surface area contributed by atoms with Crippen LogP contribution in [0.15, 0.2) is 30.3 Å². The first-order chi connectivity index (χ1) is 12.3. The number of nitrogens with zero attached hydrogens (tertiary/aromatic N) is 2. The van der Waals surface area contributed by atoms with E-state index in [9.17, 15) is 4.79 Å². The molecule has 3 fully saturated rings. The van der Waals surface area contributed by atoms with Crippen molar-refractivity contribution in [3.05, 3.63) is 30.3 Å². The maximum Gasteiger partial charge on any atom is 0.315 e. The monoisotopic (exact) mass is 342 g/mol. The molecule has 0 spiro atoms. The molecule has 0 aromatic heterocycles. The fourth-order valence-electron chi connectivity index (χ4n) is 4.74. The normalized spacial score (nSPS) is 29.4. The van der Waals surface area contributed by atoms with E-state index in [4.69, 9.17) is 0 Å². The van der Waals surface area contributed by atoms with Crippen LogP contribution in [0.25, 0.3) is 0 Å². The molecule has 0 saturated carbocycles. The Labute approximate surface area is 150 Å². The lowest BCUT2D eigenvalue weighted by Crippen LogP contribution is -2.50. The van der Waals surface area contributed by atoms with E-state index in [2.05, 4.69) is 50.8 Å². The van der Waals surface area contributed by atoms with E-state index in [1.807, 2.05) is 0 Å². The Hall–Kier alpha value is -1.75. The van der Waals surface area contributed by atoms with Gasteiger partial charge in [-0.3, -0.25) is 4.90 Å². The number of para-hydroxylation sites is 1. The zero-order valence-corrected chi connectivity index (χ0v) is 15.0. The molecule has 5 heteroatoms. The highest BCUT2D eigenvalue weighted by Crippen LogP contribution is 2.27. The molecule has 3 atom stereocenters. The van der Waals surface area contributed by atoms with E-state index in [1.54, 1.807) is 0 Å². The summed E-state index contributed by atoms with van der Waals surface area (Å²) in [6.07, 6.45) is 6.10. The molecule has 0 radical (unpaired) electrons. The molecule has 1 aromatic rings. The number of rotatable bonds is 4. The van der Waals surface area contributed by atoms with Crippen LogP contribution in [0.5, 0.6) is 0 Å². The fourth-order valence-corrected chi connectivity index (χ4v) is 4.74. The quantitative estimate of drug-likeness (QED) is 0.883. The fraction of sp³-hybridized carbons (Fsp3) is 0.650. The summed E-state index contributed by atoms with van der Waals surface area (Å²) >= 11 is 0. The van der Waals surface area contributed by atoms with Crippen LogP contribution in [0, 0.1) is 5.92 Å². The SMILES string of the molecule is O=C(NCC1CCN(c2ccccc2)C1)NC1CCN2CCCCC12. The largest absolute Gasteiger partial charge is 0.371 e. The molecule has 3 heterocycles. The highest BCUT2D eigenvalue weighted by molar-refractivity contribution is 5.74. The third-order valence-electron chi connectivity index (χ3n) is 6.13. The highest BCUT2D eigenvalue weighted by Gasteiger charge is 2.36. The van der Waals surface area contributed by atoms with Crippen LogP contribution >= 0.6 is 0 Å². The minimum Gasteiger partial charge on any atom is -0.371 e. The summed E-state index contributed by atoms with van der Waals surface area (Å²) in [5.41, 5.74) is 1.29. The number of carbonyl (C=O) groups is 1. The maximum atomic E-state index is 12.3. The van der Waals surface area contributed by atoms with E-state index in [0.29, 0.717) is 18.0 Å². The Kier molecular flexibility index (Phi) is 5.11. The van der Waals surface area contributed by atoms with Crippen LogP contribution < -0.4 is 15.5 Å². The van der Waals surface area contributed by atoms with Gasteiger partial charge in [0.15, 0.2) is 0 Å². The van der Waals surface area contributed by atoms with Crippen LogP contribution in [-0.4, -0.2) is 55.7 Å². The second-order valence-corrected chi connectivity index (χ2v) is 7.78. The molecular weight excluding hydrogens is 312 g/mol. The van der Waals surface area contributed by atoms with Crippen molar-refractivity contribution in [2.45, 2.75) is 44.2 Å². The Morgan fingerprint density at radius 2 is 1.92 bits per heavy atom. The number of urea groups is 1. The standard InChI is InChI=1S/C20H30N4O/c25-20(22-18-10-13-23-11-5-4-8-19(18)23)21-14-16-9-12-24(15-16)17-6-2-1-3-7-17/h1-3,6-7,16,18-19H,4-5,8-15H2,(H2,21,22,25). The Bertz CT molecular complexity index is 578. The minimum absolute atomic E-state index is 0.0237. The molecule has 0 bridgehead atoms. The molecule has 2 N–H and O–H groups in total. The average Bonchev–Trinajstić information content (AvgIpc) is 3.28. The highest BCUT2D eigenvalue weighted by atomic mass is 16.2. The molecule has 0 aliphatic carbocycles. The van der Waals surface area contributed by atoms with Crippen LogP contribution in [0.4, 0.5) is 10.5 Å². The number of hydrogen-bond donors (Lipinski definition) is 2. The van der Waals surface area contributed by atoms with Gasteiger partial charge in [0.1, 0.15) is 0 Å². The van der Waals surface area contributed by atoms with Crippen LogP contribution in [0.3, 0.4) is 0 Å². The number of amides is 2. The van der Waals surface area contributed by atoms with Crippen molar-refractivity contribution in [3.8, 4) is 0 Å². The van der Waals surface area contributed by atoms with Gasteiger partial charge in [-0.05, 0) is 50.3 Å². The Morgan fingerprint density at radius 3 is 2.80 bits per heavy atom. The smallest absolute Gasteiger partial charge is 0.315 e. The average molecular weight is 342 g/mol. The van der Waals surface area contributed by atoms with Gasteiger partial charge in [0.2, 0.25) is 0 Å². The minimum atomic E-state index is 0.0237. The number of nitrogens with one attached hydrogen (secondary N) is 2. The van der Waals surface area contributed by atoms with Crippen molar-refractivity contribution in [2.24, 2.45) is 5.92 Å². The molecule has 136 valence electrons. The lowest BCUT2D eigenvalue weighted by atomic mass is 9.99. The maximum absolute atomic E-state index is 12.3. The van der Waals surface area contributed by atoms with E-state index < -0.39 is 0 Å². The van der Waals surface area contributed by atoms with Crippen molar-refractivity contribution < 1.29 is 4.79 Å². The second-order valence-electron chi connectivity index (χ2n) is 7.78. The number of fused-ring (bicyclic) bond motifs is 1. The van der Waals surface area contributed by atoms with Crippen LogP contribution in [0.2, 0.25) is 0 Å². The van der Waals surface area contributed by atoms with Gasteiger partial charge < -0.3 is 15.5 Å². The molecule has 25 heavy (non-hydrogen) atoms. The van der Waals surface area contributed by atoms with E-state index >= 15 is 0 Å². The summed E-state index contributed by atoms with van der Waals surface area (Å²) in [6, 6.07) is 11.5. The summed E-state index contributed by atoms with van der Waals surface area (Å²) < 4.78 is 0. The van der Waals surface area contributed by atoms with Gasteiger partial charge in [0.05, 0.1) is 0 Å². The number of hydrogen-bond acceptors (Lipinski definition) is 3. The predicted octanol–water partition coefficient (Wildman–Crippen LogP) is 2.44. The number of benzene rings is 1. The number of carbonyl (C=O) groups excluding carboxylic acids is 1. The van der Waals surface area contributed by atoms with E-state index in [-0.39, 0.29) is 6.03 Å². The summed E-state index contributed by atoms with van der Waals surface area (Å²) in [4.78, 5) is 17.3. The van der Waals surface area contributed by atoms with Crippen molar-refractivity contribution in [3.63, 3.8) is 0 Å². The van der Waals surface area contributed by atoms with Gasteiger partial charge >= 0.3 is 6.03 Å². The van der Waals surface area contributed by atoms with Gasteiger partial charge in [-0.2, -0.15) is 0 Å². The third-order valence-corrected chi connectivity index (χ3v) is 6.13. The molecule has 5 nitrogen and oxygen atoms in total. The van der Waals surface area contributed by atoms with E-state index in [0.717, 1.165) is 39.0 Å².